The van der Waals surface area contributed by atoms with Gasteiger partial charge in [0, 0.05) is 18.5 Å². The third-order valence-corrected chi connectivity index (χ3v) is 6.97. The monoisotopic (exact) mass is 539 g/mol. The van der Waals surface area contributed by atoms with Crippen molar-refractivity contribution < 1.29 is 32.6 Å². The summed E-state index contributed by atoms with van der Waals surface area (Å²) in [7, 11) is 0. The molecule has 3 aromatic carbocycles. The van der Waals surface area contributed by atoms with Gasteiger partial charge in [-0.05, 0) is 78.8 Å². The lowest BCUT2D eigenvalue weighted by atomic mass is 9.86. The van der Waals surface area contributed by atoms with E-state index in [2.05, 4.69) is 38.1 Å². The average Bonchev–Trinajstić information content (AvgIpc) is 2.88. The Hall–Kier alpha value is -3.81. The molecule has 0 spiro atoms. The summed E-state index contributed by atoms with van der Waals surface area (Å²) in [5, 5.41) is 9.36. The number of carbonyl (C=O) groups excluding carboxylic acids is 1. The topological polar surface area (TPSA) is 66.8 Å². The van der Waals surface area contributed by atoms with E-state index in [4.69, 9.17) is 4.74 Å². The number of halogens is 3. The second-order valence-electron chi connectivity index (χ2n) is 10.4. The molecule has 0 unspecified atom stereocenters. The fraction of sp³-hybridized carbons (Fsp3) is 0.355. The van der Waals surface area contributed by atoms with Gasteiger partial charge in [-0.25, -0.2) is 0 Å². The third kappa shape index (κ3) is 7.19. The highest BCUT2D eigenvalue weighted by molar-refractivity contribution is 5.96. The van der Waals surface area contributed by atoms with E-state index < -0.39 is 35.8 Å². The van der Waals surface area contributed by atoms with Crippen molar-refractivity contribution >= 4 is 11.9 Å². The molecule has 0 saturated carbocycles. The average molecular weight is 540 g/mol. The number of carboxylic acids is 1. The van der Waals surface area contributed by atoms with Crippen LogP contribution in [0.2, 0.25) is 0 Å². The van der Waals surface area contributed by atoms with Gasteiger partial charge in [0.15, 0.2) is 0 Å². The molecule has 1 N–H and O–H groups in total. The van der Waals surface area contributed by atoms with Crippen molar-refractivity contribution in [3.05, 3.63) is 100 Å². The van der Waals surface area contributed by atoms with Crippen LogP contribution >= 0.6 is 0 Å². The maximum Gasteiger partial charge on any atom is 0.416 e. The van der Waals surface area contributed by atoms with Crippen LogP contribution in [-0.2, 0) is 36.8 Å². The first-order chi connectivity index (χ1) is 18.5. The van der Waals surface area contributed by atoms with E-state index in [-0.39, 0.29) is 17.7 Å². The van der Waals surface area contributed by atoms with Crippen LogP contribution in [0.5, 0.6) is 5.75 Å². The van der Waals surface area contributed by atoms with Crippen molar-refractivity contribution in [3.63, 3.8) is 0 Å². The van der Waals surface area contributed by atoms with Crippen molar-refractivity contribution in [2.24, 2.45) is 0 Å². The summed E-state index contributed by atoms with van der Waals surface area (Å²) in [6.07, 6.45) is -0.246. The molecule has 0 aliphatic carbocycles. The first-order valence-electron chi connectivity index (χ1n) is 13.0. The molecule has 0 aromatic heterocycles. The number of aryl methyl sites for hydroxylation is 2. The van der Waals surface area contributed by atoms with Gasteiger partial charge < -0.3 is 14.7 Å². The van der Waals surface area contributed by atoms with Crippen LogP contribution in [0.15, 0.2) is 66.7 Å². The van der Waals surface area contributed by atoms with Gasteiger partial charge in [-0.3, -0.25) is 9.59 Å². The minimum absolute atomic E-state index is 0.194. The van der Waals surface area contributed by atoms with Gasteiger partial charge in [0.05, 0.1) is 5.56 Å². The predicted molar refractivity (Wildman–Crippen MR) is 142 cm³/mol. The van der Waals surface area contributed by atoms with E-state index in [0.29, 0.717) is 12.2 Å². The predicted octanol–water partition coefficient (Wildman–Crippen LogP) is 6.71. The number of carboxylic acid groups (broad SMARTS) is 1. The fourth-order valence-corrected chi connectivity index (χ4v) is 5.00. The van der Waals surface area contributed by atoms with Gasteiger partial charge in [0.1, 0.15) is 17.9 Å². The lowest BCUT2D eigenvalue weighted by molar-refractivity contribution is -0.139. The van der Waals surface area contributed by atoms with Crippen molar-refractivity contribution in [1.82, 2.24) is 4.90 Å². The molecule has 1 amide bonds. The molecule has 206 valence electrons. The van der Waals surface area contributed by atoms with Gasteiger partial charge >= 0.3 is 12.1 Å². The Morgan fingerprint density at radius 1 is 1.00 bits per heavy atom. The highest BCUT2D eigenvalue weighted by Crippen LogP contribution is 2.36. The molecular formula is C31H32F3NO4. The molecular weight excluding hydrogens is 507 g/mol. The summed E-state index contributed by atoms with van der Waals surface area (Å²) >= 11 is 0. The van der Waals surface area contributed by atoms with Crippen molar-refractivity contribution in [2.75, 3.05) is 6.54 Å². The third-order valence-electron chi connectivity index (χ3n) is 6.97. The van der Waals surface area contributed by atoms with E-state index in [9.17, 15) is 27.9 Å². The van der Waals surface area contributed by atoms with Crippen LogP contribution in [0.3, 0.4) is 0 Å². The number of ether oxygens (including phenoxy) is 1. The van der Waals surface area contributed by atoms with E-state index in [1.54, 1.807) is 18.2 Å². The highest BCUT2D eigenvalue weighted by Gasteiger charge is 2.33. The highest BCUT2D eigenvalue weighted by atomic mass is 19.4. The minimum Gasteiger partial charge on any atom is -0.487 e. The second-order valence-corrected chi connectivity index (χ2v) is 10.4. The molecule has 1 atom stereocenters. The van der Waals surface area contributed by atoms with Crippen LogP contribution in [0.1, 0.15) is 64.9 Å². The molecule has 5 nitrogen and oxygen atoms in total. The summed E-state index contributed by atoms with van der Waals surface area (Å²) in [4.78, 5) is 25.8. The largest absolute Gasteiger partial charge is 0.487 e. The number of hydrogen-bond donors (Lipinski definition) is 1. The molecule has 0 fully saturated rings. The molecule has 0 bridgehead atoms. The Kier molecular flexibility index (Phi) is 8.33. The SMILES string of the molecule is CCCc1ccc(C[C@]2(C)CCc3cc(C(=O)N(CC(=O)O)Cc4cccc(C(F)(F)F)c4)ccc3O2)cc1. The number of hydrogen-bond acceptors (Lipinski definition) is 3. The lowest BCUT2D eigenvalue weighted by Crippen LogP contribution is -2.39. The van der Waals surface area contributed by atoms with Gasteiger partial charge in [0.25, 0.3) is 5.91 Å². The Morgan fingerprint density at radius 3 is 2.38 bits per heavy atom. The van der Waals surface area contributed by atoms with E-state index in [0.717, 1.165) is 48.3 Å². The van der Waals surface area contributed by atoms with Crippen molar-refractivity contribution in [3.8, 4) is 5.75 Å². The normalized spacial score (nSPS) is 16.7. The van der Waals surface area contributed by atoms with Crippen LogP contribution in [0.25, 0.3) is 0 Å². The zero-order chi connectivity index (χ0) is 28.2. The zero-order valence-corrected chi connectivity index (χ0v) is 22.1. The van der Waals surface area contributed by atoms with Gasteiger partial charge in [-0.1, -0.05) is 49.7 Å². The van der Waals surface area contributed by atoms with Crippen molar-refractivity contribution in [1.29, 1.82) is 0 Å². The molecule has 1 heterocycles. The first kappa shape index (κ1) is 28.2. The Bertz CT molecular complexity index is 1340. The fourth-order valence-electron chi connectivity index (χ4n) is 5.00. The van der Waals surface area contributed by atoms with Crippen LogP contribution < -0.4 is 4.74 Å². The molecule has 39 heavy (non-hydrogen) atoms. The maximum absolute atomic E-state index is 13.3. The van der Waals surface area contributed by atoms with Gasteiger partial charge in [0.2, 0.25) is 0 Å². The number of fused-ring (bicyclic) bond motifs is 1. The summed E-state index contributed by atoms with van der Waals surface area (Å²) in [6, 6.07) is 18.1. The molecule has 8 heteroatoms. The number of nitrogens with zero attached hydrogens (tertiary/aromatic N) is 1. The number of alkyl halides is 3. The quantitative estimate of drug-likeness (QED) is 0.328. The van der Waals surface area contributed by atoms with E-state index >= 15 is 0 Å². The number of rotatable bonds is 9. The standard InChI is InChI=1S/C31H32F3NO4/c1-3-5-21-8-10-22(11-9-21)18-30(2)15-14-24-17-25(12-13-27(24)39-30)29(38)35(20-28(36)37)19-23-6-4-7-26(16-23)31(32,33)34/h4,6-13,16-17H,3,5,14-15,18-20H2,1-2H3,(H,36,37)/t30-/m0/s1. The smallest absolute Gasteiger partial charge is 0.416 e. The van der Waals surface area contributed by atoms with Gasteiger partial charge in [-0.15, -0.1) is 0 Å². The van der Waals surface area contributed by atoms with E-state index in [1.807, 2.05) is 0 Å². The summed E-state index contributed by atoms with van der Waals surface area (Å²) in [5.41, 5.74) is 2.53. The molecule has 0 saturated heterocycles. The lowest BCUT2D eigenvalue weighted by Gasteiger charge is -2.36. The molecule has 1 aliphatic rings. The molecule has 0 radical (unpaired) electrons. The molecule has 3 aromatic rings. The van der Waals surface area contributed by atoms with Crippen molar-refractivity contribution in [2.45, 2.75) is 64.3 Å². The second kappa shape index (κ2) is 11.5. The Morgan fingerprint density at radius 2 is 1.72 bits per heavy atom. The van der Waals surface area contributed by atoms with Crippen LogP contribution in [0.4, 0.5) is 13.2 Å². The Labute approximate surface area is 226 Å². The van der Waals surface area contributed by atoms with E-state index in [1.165, 1.54) is 23.3 Å². The molecule has 4 rings (SSSR count). The summed E-state index contributed by atoms with van der Waals surface area (Å²) in [5.74, 6) is -1.15. The number of carbonyl (C=O) groups is 2. The number of aliphatic carboxylic acids is 1. The van der Waals surface area contributed by atoms with Crippen LogP contribution in [-0.4, -0.2) is 34.0 Å². The summed E-state index contributed by atoms with van der Waals surface area (Å²) < 4.78 is 45.8. The maximum atomic E-state index is 13.3. The molecule has 1 aliphatic heterocycles. The number of benzene rings is 3. The van der Waals surface area contributed by atoms with Gasteiger partial charge in [-0.2, -0.15) is 13.2 Å². The number of amides is 1. The first-order valence-corrected chi connectivity index (χ1v) is 13.0. The Balaban J connectivity index is 1.49. The van der Waals surface area contributed by atoms with Crippen LogP contribution in [0, 0.1) is 0 Å². The minimum atomic E-state index is -4.54. The zero-order valence-electron chi connectivity index (χ0n) is 22.1. The summed E-state index contributed by atoms with van der Waals surface area (Å²) in [6.45, 7) is 3.31.